The van der Waals surface area contributed by atoms with Crippen molar-refractivity contribution in [3.63, 3.8) is 0 Å². The summed E-state index contributed by atoms with van der Waals surface area (Å²) in [6.07, 6.45) is 6.94. The molecule has 0 aromatic carbocycles. The van der Waals surface area contributed by atoms with Crippen LogP contribution >= 0.6 is 0 Å². The summed E-state index contributed by atoms with van der Waals surface area (Å²) in [7, 11) is 1.89. The number of amides is 1. The van der Waals surface area contributed by atoms with E-state index in [1.807, 2.05) is 41.8 Å². The zero-order chi connectivity index (χ0) is 16.2. The van der Waals surface area contributed by atoms with Gasteiger partial charge in [0.1, 0.15) is 5.69 Å². The number of carbonyl (C=O) groups is 1. The highest BCUT2D eigenvalue weighted by Crippen LogP contribution is 2.17. The highest BCUT2D eigenvalue weighted by molar-refractivity contribution is 5.93. The number of carbonyl (C=O) groups excluding carboxylic acids is 1. The number of rotatable bonds is 4. The maximum Gasteiger partial charge on any atom is 0.270 e. The van der Waals surface area contributed by atoms with E-state index in [0.29, 0.717) is 25.5 Å². The van der Waals surface area contributed by atoms with Gasteiger partial charge in [0, 0.05) is 32.2 Å². The molecule has 2 aromatic heterocycles. The summed E-state index contributed by atoms with van der Waals surface area (Å²) >= 11 is 0. The smallest absolute Gasteiger partial charge is 0.270 e. The highest BCUT2D eigenvalue weighted by atomic mass is 16.5. The standard InChI is InChI=1S/C17H22N4O2/c1-13-15(19-8-7-18-13)6-5-14-12-23-11-10-21(14)17(22)16-4-3-9-20(16)2/h3-4,7-9,14H,5-6,10-12H2,1-2H3/t14-/m1/s1. The second-order valence-corrected chi connectivity index (χ2v) is 5.86. The lowest BCUT2D eigenvalue weighted by atomic mass is 10.1. The molecule has 1 fully saturated rings. The Balaban J connectivity index is 1.70. The van der Waals surface area contributed by atoms with Crippen molar-refractivity contribution in [2.45, 2.75) is 25.8 Å². The van der Waals surface area contributed by atoms with Crippen LogP contribution in [0.3, 0.4) is 0 Å². The Hall–Kier alpha value is -2.21. The molecule has 0 saturated carbocycles. The van der Waals surface area contributed by atoms with Gasteiger partial charge in [0.15, 0.2) is 0 Å². The molecule has 6 nitrogen and oxygen atoms in total. The van der Waals surface area contributed by atoms with Crippen LogP contribution in [0.2, 0.25) is 0 Å². The highest BCUT2D eigenvalue weighted by Gasteiger charge is 2.29. The van der Waals surface area contributed by atoms with Crippen LogP contribution in [0, 0.1) is 6.92 Å². The first kappa shape index (κ1) is 15.7. The first-order chi connectivity index (χ1) is 11.2. The second-order valence-electron chi connectivity index (χ2n) is 5.86. The van der Waals surface area contributed by atoms with E-state index in [1.165, 1.54) is 0 Å². The van der Waals surface area contributed by atoms with E-state index in [-0.39, 0.29) is 11.9 Å². The fourth-order valence-corrected chi connectivity index (χ4v) is 2.98. The van der Waals surface area contributed by atoms with Crippen LogP contribution in [-0.4, -0.2) is 51.1 Å². The van der Waals surface area contributed by atoms with Crippen LogP contribution in [0.4, 0.5) is 0 Å². The molecule has 0 bridgehead atoms. The van der Waals surface area contributed by atoms with Crippen LogP contribution in [0.1, 0.15) is 28.3 Å². The number of ether oxygens (including phenoxy) is 1. The van der Waals surface area contributed by atoms with Crippen LogP contribution < -0.4 is 0 Å². The zero-order valence-electron chi connectivity index (χ0n) is 13.6. The average molecular weight is 314 g/mol. The van der Waals surface area contributed by atoms with Crippen LogP contribution in [0.5, 0.6) is 0 Å². The number of morpholine rings is 1. The van der Waals surface area contributed by atoms with Gasteiger partial charge in [0.05, 0.1) is 30.6 Å². The van der Waals surface area contributed by atoms with Crippen molar-refractivity contribution in [1.82, 2.24) is 19.4 Å². The van der Waals surface area contributed by atoms with E-state index < -0.39 is 0 Å². The summed E-state index contributed by atoms with van der Waals surface area (Å²) in [6, 6.07) is 3.83. The third-order valence-electron chi connectivity index (χ3n) is 4.35. The second kappa shape index (κ2) is 6.91. The quantitative estimate of drug-likeness (QED) is 0.860. The molecule has 1 aliphatic rings. The third kappa shape index (κ3) is 3.42. The van der Waals surface area contributed by atoms with Crippen molar-refractivity contribution in [2.75, 3.05) is 19.8 Å². The van der Waals surface area contributed by atoms with Gasteiger partial charge in [-0.15, -0.1) is 0 Å². The molecule has 3 heterocycles. The van der Waals surface area contributed by atoms with E-state index in [1.54, 1.807) is 12.4 Å². The summed E-state index contributed by atoms with van der Waals surface area (Å²) in [5, 5.41) is 0. The Labute approximate surface area is 136 Å². The molecular formula is C17H22N4O2. The molecule has 3 rings (SSSR count). The normalized spacial score (nSPS) is 18.2. The zero-order valence-corrected chi connectivity index (χ0v) is 13.6. The minimum Gasteiger partial charge on any atom is -0.377 e. The molecule has 2 aromatic rings. The van der Waals surface area contributed by atoms with E-state index in [2.05, 4.69) is 9.97 Å². The van der Waals surface area contributed by atoms with Crippen molar-refractivity contribution in [1.29, 1.82) is 0 Å². The molecule has 1 aliphatic heterocycles. The fraction of sp³-hybridized carbons (Fsp3) is 0.471. The topological polar surface area (TPSA) is 60.3 Å². The molecule has 0 N–H and O–H groups in total. The molecule has 1 amide bonds. The van der Waals surface area contributed by atoms with Gasteiger partial charge in [0.25, 0.3) is 5.91 Å². The number of aromatic nitrogens is 3. The summed E-state index contributed by atoms with van der Waals surface area (Å²) in [5.74, 6) is 0.0710. The molecule has 0 unspecified atom stereocenters. The molecule has 0 radical (unpaired) electrons. The third-order valence-corrected chi connectivity index (χ3v) is 4.35. The lowest BCUT2D eigenvalue weighted by molar-refractivity contribution is -0.00462. The van der Waals surface area contributed by atoms with Crippen molar-refractivity contribution >= 4 is 5.91 Å². The van der Waals surface area contributed by atoms with E-state index in [0.717, 1.165) is 24.2 Å². The monoisotopic (exact) mass is 314 g/mol. The Kier molecular flexibility index (Phi) is 4.71. The van der Waals surface area contributed by atoms with Gasteiger partial charge in [-0.2, -0.15) is 0 Å². The van der Waals surface area contributed by atoms with Gasteiger partial charge < -0.3 is 14.2 Å². The lowest BCUT2D eigenvalue weighted by Crippen LogP contribution is -2.49. The van der Waals surface area contributed by atoms with Gasteiger partial charge in [-0.25, -0.2) is 0 Å². The largest absolute Gasteiger partial charge is 0.377 e. The number of hydrogen-bond acceptors (Lipinski definition) is 4. The molecule has 122 valence electrons. The van der Waals surface area contributed by atoms with Gasteiger partial charge in [0.2, 0.25) is 0 Å². The average Bonchev–Trinajstić information content (AvgIpc) is 3.00. The van der Waals surface area contributed by atoms with Crippen molar-refractivity contribution in [2.24, 2.45) is 7.05 Å². The van der Waals surface area contributed by atoms with E-state index in [4.69, 9.17) is 4.74 Å². The minimum absolute atomic E-state index is 0.0710. The van der Waals surface area contributed by atoms with E-state index >= 15 is 0 Å². The molecule has 1 atom stereocenters. The summed E-state index contributed by atoms with van der Waals surface area (Å²) in [5.41, 5.74) is 2.65. The summed E-state index contributed by atoms with van der Waals surface area (Å²) in [6.45, 7) is 3.77. The molecule has 0 spiro atoms. The predicted molar refractivity (Wildman–Crippen MR) is 86.1 cm³/mol. The van der Waals surface area contributed by atoms with Gasteiger partial charge in [-0.1, -0.05) is 0 Å². The maximum absolute atomic E-state index is 12.8. The van der Waals surface area contributed by atoms with Crippen LogP contribution in [0.25, 0.3) is 0 Å². The molecule has 0 aliphatic carbocycles. The summed E-state index contributed by atoms with van der Waals surface area (Å²) in [4.78, 5) is 23.4. The van der Waals surface area contributed by atoms with Gasteiger partial charge in [-0.05, 0) is 31.9 Å². The Morgan fingerprint density at radius 2 is 2.22 bits per heavy atom. The SMILES string of the molecule is Cc1nccnc1CC[C@@H]1COCCN1C(=O)c1cccn1C. The Morgan fingerprint density at radius 1 is 1.39 bits per heavy atom. The van der Waals surface area contributed by atoms with Gasteiger partial charge in [-0.3, -0.25) is 14.8 Å². The number of aryl methyl sites for hydroxylation is 3. The number of hydrogen-bond donors (Lipinski definition) is 0. The first-order valence-corrected chi connectivity index (χ1v) is 7.93. The Bertz CT molecular complexity index is 683. The van der Waals surface area contributed by atoms with Gasteiger partial charge >= 0.3 is 0 Å². The maximum atomic E-state index is 12.8. The van der Waals surface area contributed by atoms with Crippen molar-refractivity contribution in [3.8, 4) is 0 Å². The van der Waals surface area contributed by atoms with E-state index in [9.17, 15) is 4.79 Å². The van der Waals surface area contributed by atoms with Crippen LogP contribution in [0.15, 0.2) is 30.7 Å². The first-order valence-electron chi connectivity index (χ1n) is 7.93. The van der Waals surface area contributed by atoms with Crippen LogP contribution in [-0.2, 0) is 18.2 Å². The lowest BCUT2D eigenvalue weighted by Gasteiger charge is -2.35. The Morgan fingerprint density at radius 3 is 2.96 bits per heavy atom. The minimum atomic E-state index is 0.0710. The molecular weight excluding hydrogens is 292 g/mol. The number of nitrogens with zero attached hydrogens (tertiary/aromatic N) is 4. The molecule has 23 heavy (non-hydrogen) atoms. The predicted octanol–water partition coefficient (Wildman–Crippen LogP) is 1.60. The van der Waals surface area contributed by atoms with Crippen molar-refractivity contribution < 1.29 is 9.53 Å². The molecule has 6 heteroatoms. The summed E-state index contributed by atoms with van der Waals surface area (Å²) < 4.78 is 7.45. The fourth-order valence-electron chi connectivity index (χ4n) is 2.98. The molecule has 1 saturated heterocycles. The van der Waals surface area contributed by atoms with Crippen molar-refractivity contribution in [3.05, 3.63) is 47.8 Å².